The first kappa shape index (κ1) is 13.6. The number of benzene rings is 1. The maximum Gasteiger partial charge on any atom is 0.251 e. The molecule has 0 aliphatic carbocycles. The van der Waals surface area contributed by atoms with Crippen molar-refractivity contribution in [1.29, 1.82) is 0 Å². The third-order valence-electron chi connectivity index (χ3n) is 1.94. The first-order valence-electron chi connectivity index (χ1n) is 4.70. The summed E-state index contributed by atoms with van der Waals surface area (Å²) in [4.78, 5) is 11.4. The molecule has 17 heavy (non-hydrogen) atoms. The lowest BCUT2D eigenvalue weighted by Crippen LogP contribution is -2.28. The van der Waals surface area contributed by atoms with E-state index in [0.717, 1.165) is 24.5 Å². The Morgan fingerprint density at radius 3 is 2.47 bits per heavy atom. The number of sulfone groups is 1. The summed E-state index contributed by atoms with van der Waals surface area (Å²) in [5.41, 5.74) is -0.0580. The van der Waals surface area contributed by atoms with Gasteiger partial charge in [0.1, 0.15) is 9.84 Å². The highest BCUT2D eigenvalue weighted by molar-refractivity contribution is 7.90. The van der Waals surface area contributed by atoms with Gasteiger partial charge >= 0.3 is 0 Å². The highest BCUT2D eigenvalue weighted by Crippen LogP contribution is 2.08. The lowest BCUT2D eigenvalue weighted by molar-refractivity contribution is 0.0955. The summed E-state index contributed by atoms with van der Waals surface area (Å²) in [6.07, 6.45) is 1.04. The minimum absolute atomic E-state index is 0.0580. The van der Waals surface area contributed by atoms with Crippen LogP contribution in [0.1, 0.15) is 10.4 Å². The molecule has 4 nitrogen and oxygen atoms in total. The third kappa shape index (κ3) is 4.48. The van der Waals surface area contributed by atoms with Crippen molar-refractivity contribution in [3.63, 3.8) is 0 Å². The van der Waals surface area contributed by atoms with Gasteiger partial charge in [-0.25, -0.2) is 17.2 Å². The highest BCUT2D eigenvalue weighted by atomic mass is 32.2. The largest absolute Gasteiger partial charge is 0.351 e. The van der Waals surface area contributed by atoms with Crippen molar-refractivity contribution in [2.75, 3.05) is 18.6 Å². The van der Waals surface area contributed by atoms with Gasteiger partial charge in [-0.05, 0) is 18.2 Å². The van der Waals surface area contributed by atoms with Crippen molar-refractivity contribution in [1.82, 2.24) is 5.32 Å². The number of hydrogen-bond donors (Lipinski definition) is 1. The maximum atomic E-state index is 12.8. The molecule has 1 N–H and O–H groups in total. The highest BCUT2D eigenvalue weighted by Gasteiger charge is 2.10. The van der Waals surface area contributed by atoms with E-state index in [4.69, 9.17) is 0 Å². The van der Waals surface area contributed by atoms with Crippen molar-refractivity contribution < 1.29 is 22.0 Å². The number of nitrogens with one attached hydrogen (secondary N) is 1. The van der Waals surface area contributed by atoms with Gasteiger partial charge in [-0.3, -0.25) is 4.79 Å². The number of carbonyl (C=O) groups excluding carboxylic acids is 1. The molecular weight excluding hydrogens is 252 g/mol. The summed E-state index contributed by atoms with van der Waals surface area (Å²) in [6.45, 7) is -0.0728. The predicted octanol–water partition coefficient (Wildman–Crippen LogP) is 0.739. The van der Waals surface area contributed by atoms with Crippen molar-refractivity contribution in [2.24, 2.45) is 0 Å². The van der Waals surface area contributed by atoms with Crippen molar-refractivity contribution >= 4 is 15.7 Å². The normalized spacial score (nSPS) is 11.2. The van der Waals surface area contributed by atoms with Crippen LogP contribution in [0.5, 0.6) is 0 Å². The number of hydrogen-bond acceptors (Lipinski definition) is 3. The van der Waals surface area contributed by atoms with Crippen LogP contribution in [0.15, 0.2) is 18.2 Å². The summed E-state index contributed by atoms with van der Waals surface area (Å²) in [5.74, 6) is -3.02. The number of halogens is 2. The maximum absolute atomic E-state index is 12.8. The lowest BCUT2D eigenvalue weighted by atomic mass is 10.2. The number of amides is 1. The summed E-state index contributed by atoms with van der Waals surface area (Å²) in [6, 6.07) is 2.71. The van der Waals surface area contributed by atoms with Gasteiger partial charge in [0.05, 0.1) is 5.75 Å². The predicted molar refractivity (Wildman–Crippen MR) is 58.4 cm³/mol. The fourth-order valence-corrected chi connectivity index (χ4v) is 1.56. The fourth-order valence-electron chi connectivity index (χ4n) is 1.09. The Morgan fingerprint density at radius 2 is 1.94 bits per heavy atom. The molecular formula is C10H11F2NO3S. The second-order valence-corrected chi connectivity index (χ2v) is 5.77. The van der Waals surface area contributed by atoms with Crippen LogP contribution < -0.4 is 5.32 Å². The number of rotatable bonds is 4. The Bertz CT molecular complexity index is 528. The van der Waals surface area contributed by atoms with E-state index >= 15 is 0 Å². The van der Waals surface area contributed by atoms with Gasteiger partial charge < -0.3 is 5.32 Å². The van der Waals surface area contributed by atoms with Crippen LogP contribution in [-0.2, 0) is 9.84 Å². The monoisotopic (exact) mass is 263 g/mol. The van der Waals surface area contributed by atoms with E-state index in [-0.39, 0.29) is 17.9 Å². The smallest absolute Gasteiger partial charge is 0.251 e. The third-order valence-corrected chi connectivity index (χ3v) is 2.89. The first-order chi connectivity index (χ1) is 7.79. The Hall–Kier alpha value is -1.50. The lowest BCUT2D eigenvalue weighted by Gasteiger charge is -2.04. The second kappa shape index (κ2) is 5.22. The molecule has 94 valence electrons. The van der Waals surface area contributed by atoms with Gasteiger partial charge in [0.15, 0.2) is 11.6 Å². The standard InChI is InChI=1S/C10H11F2NO3S/c1-17(15,16)5-4-13-10(14)7-2-3-8(11)9(12)6-7/h2-3,6H,4-5H2,1H3,(H,13,14). The molecule has 0 saturated carbocycles. The molecule has 0 bridgehead atoms. The van der Waals surface area contributed by atoms with Crippen LogP contribution in [0.2, 0.25) is 0 Å². The topological polar surface area (TPSA) is 63.2 Å². The molecule has 1 aromatic rings. The molecule has 0 heterocycles. The molecule has 0 aliphatic heterocycles. The van der Waals surface area contributed by atoms with Gasteiger partial charge in [0.25, 0.3) is 5.91 Å². The molecule has 0 saturated heterocycles. The molecule has 0 aromatic heterocycles. The van der Waals surface area contributed by atoms with E-state index < -0.39 is 27.4 Å². The van der Waals surface area contributed by atoms with Gasteiger partial charge in [-0.15, -0.1) is 0 Å². The fraction of sp³-hybridized carbons (Fsp3) is 0.300. The molecule has 1 rings (SSSR count). The molecule has 0 atom stereocenters. The van der Waals surface area contributed by atoms with Crippen molar-refractivity contribution in [3.05, 3.63) is 35.4 Å². The summed E-state index contributed by atoms with van der Waals surface area (Å²) < 4.78 is 47.0. The summed E-state index contributed by atoms with van der Waals surface area (Å²) in [5, 5.41) is 2.29. The van der Waals surface area contributed by atoms with Gasteiger partial charge in [0.2, 0.25) is 0 Å². The van der Waals surface area contributed by atoms with Crippen LogP contribution in [0.4, 0.5) is 8.78 Å². The van der Waals surface area contributed by atoms with Crippen LogP contribution in [0.25, 0.3) is 0 Å². The summed E-state index contributed by atoms with van der Waals surface area (Å²) >= 11 is 0. The summed E-state index contributed by atoms with van der Waals surface area (Å²) in [7, 11) is -3.17. The number of carbonyl (C=O) groups is 1. The Morgan fingerprint density at radius 1 is 1.29 bits per heavy atom. The van der Waals surface area contributed by atoms with Crippen molar-refractivity contribution in [3.8, 4) is 0 Å². The van der Waals surface area contributed by atoms with Crippen LogP contribution >= 0.6 is 0 Å². The van der Waals surface area contributed by atoms with Gasteiger partial charge in [-0.2, -0.15) is 0 Å². The van der Waals surface area contributed by atoms with Crippen LogP contribution in [-0.4, -0.2) is 32.9 Å². The molecule has 1 amide bonds. The van der Waals surface area contributed by atoms with E-state index in [2.05, 4.69) is 5.32 Å². The quantitative estimate of drug-likeness (QED) is 0.871. The average Bonchev–Trinajstić information content (AvgIpc) is 2.20. The first-order valence-corrected chi connectivity index (χ1v) is 6.76. The van der Waals surface area contributed by atoms with E-state index in [1.165, 1.54) is 0 Å². The Labute approximate surface area is 97.6 Å². The SMILES string of the molecule is CS(=O)(=O)CCNC(=O)c1ccc(F)c(F)c1. The molecule has 0 aliphatic rings. The zero-order valence-electron chi connectivity index (χ0n) is 9.04. The molecule has 0 spiro atoms. The average molecular weight is 263 g/mol. The zero-order chi connectivity index (χ0) is 13.1. The minimum Gasteiger partial charge on any atom is -0.351 e. The van der Waals surface area contributed by atoms with E-state index in [1.54, 1.807) is 0 Å². The van der Waals surface area contributed by atoms with Crippen molar-refractivity contribution in [2.45, 2.75) is 0 Å². The van der Waals surface area contributed by atoms with E-state index in [1.807, 2.05) is 0 Å². The van der Waals surface area contributed by atoms with Gasteiger partial charge in [-0.1, -0.05) is 0 Å². The Balaban J connectivity index is 2.61. The molecule has 0 radical (unpaired) electrons. The van der Waals surface area contributed by atoms with Gasteiger partial charge in [0, 0.05) is 18.4 Å². The Kier molecular flexibility index (Phi) is 4.17. The molecule has 0 unspecified atom stereocenters. The van der Waals surface area contributed by atoms with Crippen LogP contribution in [0.3, 0.4) is 0 Å². The minimum atomic E-state index is -3.17. The van der Waals surface area contributed by atoms with E-state index in [9.17, 15) is 22.0 Å². The molecule has 7 heteroatoms. The second-order valence-electron chi connectivity index (χ2n) is 3.51. The molecule has 1 aromatic carbocycles. The zero-order valence-corrected chi connectivity index (χ0v) is 9.85. The van der Waals surface area contributed by atoms with E-state index in [0.29, 0.717) is 0 Å². The molecule has 0 fully saturated rings. The van der Waals surface area contributed by atoms with Crippen LogP contribution in [0, 0.1) is 11.6 Å².